The summed E-state index contributed by atoms with van der Waals surface area (Å²) in [6.07, 6.45) is 0. The third-order valence-corrected chi connectivity index (χ3v) is 3.69. The van der Waals surface area contributed by atoms with Crippen molar-refractivity contribution >= 4 is 10.8 Å². The normalized spacial score (nSPS) is 11.0. The van der Waals surface area contributed by atoms with Crippen molar-refractivity contribution < 1.29 is 4.39 Å². The van der Waals surface area contributed by atoms with Crippen molar-refractivity contribution in [2.45, 2.75) is 13.5 Å². The van der Waals surface area contributed by atoms with Gasteiger partial charge in [-0.05, 0) is 34.5 Å². The molecule has 0 unspecified atom stereocenters. The minimum absolute atomic E-state index is 0.165. The second-order valence-electron chi connectivity index (χ2n) is 5.12. The summed E-state index contributed by atoms with van der Waals surface area (Å²) < 4.78 is 14.5. The average molecular weight is 279 g/mol. The average Bonchev–Trinajstić information content (AvgIpc) is 2.53. The van der Waals surface area contributed by atoms with E-state index in [0.717, 1.165) is 28.4 Å². The molecule has 2 heteroatoms. The van der Waals surface area contributed by atoms with Crippen molar-refractivity contribution in [3.8, 4) is 11.1 Å². The Morgan fingerprint density at radius 2 is 1.71 bits per heavy atom. The van der Waals surface area contributed by atoms with Crippen LogP contribution in [-0.4, -0.2) is 6.54 Å². The van der Waals surface area contributed by atoms with Crippen LogP contribution in [0.3, 0.4) is 0 Å². The van der Waals surface area contributed by atoms with Gasteiger partial charge >= 0.3 is 0 Å². The molecule has 21 heavy (non-hydrogen) atoms. The summed E-state index contributed by atoms with van der Waals surface area (Å²) >= 11 is 0. The topological polar surface area (TPSA) is 12.0 Å². The third kappa shape index (κ3) is 2.81. The lowest BCUT2D eigenvalue weighted by Crippen LogP contribution is -2.11. The van der Waals surface area contributed by atoms with Crippen LogP contribution in [0.5, 0.6) is 0 Å². The smallest absolute Gasteiger partial charge is 0.131 e. The second-order valence-corrected chi connectivity index (χ2v) is 5.12. The maximum absolute atomic E-state index is 14.5. The Balaban J connectivity index is 2.06. The molecular weight excluding hydrogens is 261 g/mol. The first kappa shape index (κ1) is 13.8. The van der Waals surface area contributed by atoms with E-state index in [1.54, 1.807) is 6.07 Å². The molecule has 0 aromatic heterocycles. The highest BCUT2D eigenvalue weighted by atomic mass is 19.1. The predicted molar refractivity (Wildman–Crippen MR) is 86.7 cm³/mol. The molecule has 1 nitrogen and oxygen atoms in total. The molecule has 0 aliphatic rings. The van der Waals surface area contributed by atoms with Crippen LogP contribution < -0.4 is 5.32 Å². The molecule has 0 saturated heterocycles. The van der Waals surface area contributed by atoms with Crippen LogP contribution in [0.15, 0.2) is 60.7 Å². The second kappa shape index (κ2) is 6.06. The fraction of sp³-hybridized carbons (Fsp3) is 0.158. The summed E-state index contributed by atoms with van der Waals surface area (Å²) in [7, 11) is 0. The number of nitrogens with one attached hydrogen (secondary N) is 1. The fourth-order valence-corrected chi connectivity index (χ4v) is 2.62. The zero-order chi connectivity index (χ0) is 14.7. The Kier molecular flexibility index (Phi) is 3.98. The predicted octanol–water partition coefficient (Wildman–Crippen LogP) is 4.76. The summed E-state index contributed by atoms with van der Waals surface area (Å²) in [6, 6.07) is 19.6. The van der Waals surface area contributed by atoms with Gasteiger partial charge in [0.25, 0.3) is 0 Å². The van der Waals surface area contributed by atoms with E-state index in [2.05, 4.69) is 17.4 Å². The fourth-order valence-electron chi connectivity index (χ4n) is 2.62. The Hall–Kier alpha value is -2.19. The van der Waals surface area contributed by atoms with E-state index in [4.69, 9.17) is 0 Å². The molecular formula is C19H18FN. The van der Waals surface area contributed by atoms with Gasteiger partial charge < -0.3 is 5.32 Å². The van der Waals surface area contributed by atoms with E-state index in [0.29, 0.717) is 12.1 Å². The molecule has 0 atom stereocenters. The number of halogens is 1. The van der Waals surface area contributed by atoms with E-state index < -0.39 is 0 Å². The molecule has 106 valence electrons. The van der Waals surface area contributed by atoms with Crippen molar-refractivity contribution in [2.24, 2.45) is 0 Å². The van der Waals surface area contributed by atoms with Gasteiger partial charge in [-0.2, -0.15) is 0 Å². The van der Waals surface area contributed by atoms with Crippen LogP contribution in [0, 0.1) is 5.82 Å². The van der Waals surface area contributed by atoms with Gasteiger partial charge in [-0.25, -0.2) is 4.39 Å². The zero-order valence-corrected chi connectivity index (χ0v) is 12.1. The lowest BCUT2D eigenvalue weighted by molar-refractivity contribution is 0.625. The lowest BCUT2D eigenvalue weighted by Gasteiger charge is -2.10. The minimum Gasteiger partial charge on any atom is -0.313 e. The highest BCUT2D eigenvalue weighted by Crippen LogP contribution is 2.30. The summed E-state index contributed by atoms with van der Waals surface area (Å²) in [4.78, 5) is 0. The molecule has 0 fully saturated rings. The first-order valence-electron chi connectivity index (χ1n) is 7.27. The molecule has 1 N–H and O–H groups in total. The number of hydrogen-bond donors (Lipinski definition) is 1. The summed E-state index contributed by atoms with van der Waals surface area (Å²) in [5, 5.41) is 5.43. The summed E-state index contributed by atoms with van der Waals surface area (Å²) in [5.41, 5.74) is 2.57. The maximum atomic E-state index is 14.5. The summed E-state index contributed by atoms with van der Waals surface area (Å²) in [6.45, 7) is 3.62. The van der Waals surface area contributed by atoms with Gasteiger partial charge in [0.1, 0.15) is 5.82 Å². The van der Waals surface area contributed by atoms with E-state index in [-0.39, 0.29) is 5.82 Å². The van der Waals surface area contributed by atoms with Crippen molar-refractivity contribution in [1.29, 1.82) is 0 Å². The van der Waals surface area contributed by atoms with Crippen LogP contribution in [0.1, 0.15) is 12.5 Å². The Morgan fingerprint density at radius 1 is 0.905 bits per heavy atom. The van der Waals surface area contributed by atoms with Gasteiger partial charge in [0.2, 0.25) is 0 Å². The minimum atomic E-state index is -0.165. The molecule has 3 aromatic rings. The van der Waals surface area contributed by atoms with Crippen molar-refractivity contribution in [2.75, 3.05) is 6.54 Å². The van der Waals surface area contributed by atoms with Crippen LogP contribution in [0.2, 0.25) is 0 Å². The van der Waals surface area contributed by atoms with E-state index in [9.17, 15) is 4.39 Å². The van der Waals surface area contributed by atoms with Crippen LogP contribution >= 0.6 is 0 Å². The van der Waals surface area contributed by atoms with Crippen LogP contribution in [0.4, 0.5) is 4.39 Å². The molecule has 0 aliphatic carbocycles. The largest absolute Gasteiger partial charge is 0.313 e. The van der Waals surface area contributed by atoms with Gasteiger partial charge in [-0.15, -0.1) is 0 Å². The summed E-state index contributed by atoms with van der Waals surface area (Å²) in [5.74, 6) is -0.165. The van der Waals surface area contributed by atoms with Gasteiger partial charge in [0, 0.05) is 12.1 Å². The zero-order valence-electron chi connectivity index (χ0n) is 12.1. The molecule has 0 heterocycles. The molecule has 3 aromatic carbocycles. The quantitative estimate of drug-likeness (QED) is 0.726. The van der Waals surface area contributed by atoms with Gasteiger partial charge in [0.05, 0.1) is 0 Å². The molecule has 0 radical (unpaired) electrons. The van der Waals surface area contributed by atoms with E-state index in [1.807, 2.05) is 49.4 Å². The molecule has 0 saturated carbocycles. The van der Waals surface area contributed by atoms with Gasteiger partial charge in [-0.3, -0.25) is 0 Å². The van der Waals surface area contributed by atoms with E-state index >= 15 is 0 Å². The van der Waals surface area contributed by atoms with E-state index in [1.165, 1.54) is 0 Å². The highest BCUT2D eigenvalue weighted by Gasteiger charge is 2.09. The van der Waals surface area contributed by atoms with Crippen molar-refractivity contribution in [3.05, 3.63) is 72.0 Å². The Morgan fingerprint density at radius 3 is 2.52 bits per heavy atom. The number of hydrogen-bond acceptors (Lipinski definition) is 1. The monoisotopic (exact) mass is 279 g/mol. The number of fused-ring (bicyclic) bond motifs is 1. The molecule has 0 bridgehead atoms. The Bertz CT molecular complexity index is 759. The standard InChI is InChI=1S/C19H18FN/c1-2-21-13-14-10-11-18(19(20)12-14)17-9-5-7-15-6-3-4-8-16(15)17/h3-12,21H,2,13H2,1H3. The van der Waals surface area contributed by atoms with Crippen molar-refractivity contribution in [3.63, 3.8) is 0 Å². The third-order valence-electron chi connectivity index (χ3n) is 3.69. The SMILES string of the molecule is CCNCc1ccc(-c2cccc3ccccc23)c(F)c1. The molecule has 0 aliphatic heterocycles. The number of rotatable bonds is 4. The first-order valence-corrected chi connectivity index (χ1v) is 7.27. The van der Waals surface area contributed by atoms with Gasteiger partial charge in [-0.1, -0.05) is 61.5 Å². The van der Waals surface area contributed by atoms with Crippen LogP contribution in [-0.2, 0) is 6.54 Å². The number of benzene rings is 3. The molecule has 0 spiro atoms. The highest BCUT2D eigenvalue weighted by molar-refractivity contribution is 5.96. The first-order chi connectivity index (χ1) is 10.3. The molecule has 0 amide bonds. The van der Waals surface area contributed by atoms with Gasteiger partial charge in [0.15, 0.2) is 0 Å². The maximum Gasteiger partial charge on any atom is 0.131 e. The van der Waals surface area contributed by atoms with Crippen molar-refractivity contribution in [1.82, 2.24) is 5.32 Å². The van der Waals surface area contributed by atoms with Crippen LogP contribution in [0.25, 0.3) is 21.9 Å². The lowest BCUT2D eigenvalue weighted by atomic mass is 9.97. The Labute approximate surface area is 124 Å². The molecule has 3 rings (SSSR count).